The molecule has 0 radical (unpaired) electrons. The molecule has 0 fully saturated rings. The molecule has 20 heavy (non-hydrogen) atoms. The van der Waals surface area contributed by atoms with E-state index < -0.39 is 0 Å². The number of amides is 1. The summed E-state index contributed by atoms with van der Waals surface area (Å²) < 4.78 is 5.26. The second kappa shape index (κ2) is 6.42. The minimum absolute atomic E-state index is 0.0452. The van der Waals surface area contributed by atoms with Crippen LogP contribution in [0.5, 0.6) is 0 Å². The predicted octanol–water partition coefficient (Wildman–Crippen LogP) is 3.96. The summed E-state index contributed by atoms with van der Waals surface area (Å²) in [6.45, 7) is 9.71. The number of hydrogen-bond acceptors (Lipinski definition) is 2. The number of rotatable bonds is 5. The maximum absolute atomic E-state index is 12.7. The standard InChI is InChI=1S/C17H21NO2/c1-4-7-14-11-13(3)12-15(8-5-2)18(14)17(19)16-9-6-10-20-16/h4-6,9-11,14-15H,1-2,7-8,12H2,3H3/t14-,15-/m0/s1. The average molecular weight is 271 g/mol. The average Bonchev–Trinajstić information content (AvgIpc) is 2.92. The van der Waals surface area contributed by atoms with Crippen LogP contribution in [0, 0.1) is 0 Å². The summed E-state index contributed by atoms with van der Waals surface area (Å²) in [6, 6.07) is 3.64. The van der Waals surface area contributed by atoms with Gasteiger partial charge in [-0.25, -0.2) is 0 Å². The van der Waals surface area contributed by atoms with Crippen LogP contribution < -0.4 is 0 Å². The van der Waals surface area contributed by atoms with E-state index in [1.165, 1.54) is 11.8 Å². The zero-order valence-electron chi connectivity index (χ0n) is 11.9. The minimum atomic E-state index is -0.0579. The summed E-state index contributed by atoms with van der Waals surface area (Å²) in [5.41, 5.74) is 1.31. The van der Waals surface area contributed by atoms with Gasteiger partial charge >= 0.3 is 0 Å². The summed E-state index contributed by atoms with van der Waals surface area (Å²) in [7, 11) is 0. The lowest BCUT2D eigenvalue weighted by atomic mass is 9.92. The van der Waals surface area contributed by atoms with Gasteiger partial charge in [0.2, 0.25) is 0 Å². The summed E-state index contributed by atoms with van der Waals surface area (Å²) >= 11 is 0. The van der Waals surface area contributed by atoms with Crippen molar-refractivity contribution in [3.8, 4) is 0 Å². The van der Waals surface area contributed by atoms with Gasteiger partial charge < -0.3 is 9.32 Å². The molecule has 1 aliphatic rings. The highest BCUT2D eigenvalue weighted by atomic mass is 16.3. The van der Waals surface area contributed by atoms with E-state index in [-0.39, 0.29) is 18.0 Å². The number of furan rings is 1. The third-order valence-electron chi connectivity index (χ3n) is 3.60. The molecule has 0 unspecified atom stereocenters. The molecule has 2 heterocycles. The molecule has 1 aromatic heterocycles. The van der Waals surface area contributed by atoms with Crippen molar-refractivity contribution in [3.05, 3.63) is 61.1 Å². The van der Waals surface area contributed by atoms with Crippen LogP contribution in [0.15, 0.2) is 59.8 Å². The highest BCUT2D eigenvalue weighted by molar-refractivity contribution is 5.92. The van der Waals surface area contributed by atoms with Gasteiger partial charge in [-0.15, -0.1) is 13.2 Å². The number of hydrogen-bond donors (Lipinski definition) is 0. The van der Waals surface area contributed by atoms with Crippen molar-refractivity contribution in [2.45, 2.75) is 38.3 Å². The van der Waals surface area contributed by atoms with E-state index in [1.807, 2.05) is 17.1 Å². The Bertz CT molecular complexity index is 513. The molecule has 0 N–H and O–H groups in total. The fourth-order valence-corrected chi connectivity index (χ4v) is 2.80. The van der Waals surface area contributed by atoms with Crippen LogP contribution in [0.3, 0.4) is 0 Å². The molecule has 1 amide bonds. The van der Waals surface area contributed by atoms with Crippen molar-refractivity contribution < 1.29 is 9.21 Å². The van der Waals surface area contributed by atoms with Crippen molar-refractivity contribution in [1.82, 2.24) is 4.90 Å². The molecule has 0 saturated heterocycles. The summed E-state index contributed by atoms with van der Waals surface area (Å²) in [5.74, 6) is 0.332. The first-order chi connectivity index (χ1) is 9.67. The molecule has 2 rings (SSSR count). The first-order valence-electron chi connectivity index (χ1n) is 6.92. The van der Waals surface area contributed by atoms with Crippen LogP contribution in [0.2, 0.25) is 0 Å². The fourth-order valence-electron chi connectivity index (χ4n) is 2.80. The molecule has 2 atom stereocenters. The van der Waals surface area contributed by atoms with Crippen LogP contribution in [0.4, 0.5) is 0 Å². The van der Waals surface area contributed by atoms with E-state index in [0.717, 1.165) is 19.3 Å². The molecular weight excluding hydrogens is 250 g/mol. The Morgan fingerprint density at radius 2 is 2.20 bits per heavy atom. The third-order valence-corrected chi connectivity index (χ3v) is 3.60. The first kappa shape index (κ1) is 14.4. The largest absolute Gasteiger partial charge is 0.459 e. The second-order valence-corrected chi connectivity index (χ2v) is 5.18. The number of carbonyl (C=O) groups is 1. The van der Waals surface area contributed by atoms with E-state index in [4.69, 9.17) is 4.42 Å². The Hall–Kier alpha value is -2.03. The monoisotopic (exact) mass is 271 g/mol. The van der Waals surface area contributed by atoms with Gasteiger partial charge in [-0.1, -0.05) is 23.8 Å². The van der Waals surface area contributed by atoms with Gasteiger partial charge in [-0.2, -0.15) is 0 Å². The Labute approximate surface area is 120 Å². The quantitative estimate of drug-likeness (QED) is 0.759. The van der Waals surface area contributed by atoms with Gasteiger partial charge in [0.15, 0.2) is 5.76 Å². The van der Waals surface area contributed by atoms with E-state index in [1.54, 1.807) is 12.1 Å². The molecule has 1 aliphatic heterocycles. The van der Waals surface area contributed by atoms with Gasteiger partial charge in [0.1, 0.15) is 0 Å². The fraction of sp³-hybridized carbons (Fsp3) is 0.353. The maximum atomic E-state index is 12.7. The Balaban J connectivity index is 2.33. The third kappa shape index (κ3) is 2.93. The first-order valence-corrected chi connectivity index (χ1v) is 6.92. The van der Waals surface area contributed by atoms with Gasteiger partial charge in [0.05, 0.1) is 12.3 Å². The lowest BCUT2D eigenvalue weighted by Crippen LogP contribution is -2.48. The minimum Gasteiger partial charge on any atom is -0.459 e. The van der Waals surface area contributed by atoms with Crippen molar-refractivity contribution in [3.63, 3.8) is 0 Å². The zero-order valence-corrected chi connectivity index (χ0v) is 11.9. The normalized spacial score (nSPS) is 22.2. The molecular formula is C17H21NO2. The molecule has 0 bridgehead atoms. The Kier molecular flexibility index (Phi) is 4.61. The van der Waals surface area contributed by atoms with Gasteiger partial charge in [0.25, 0.3) is 5.91 Å². The van der Waals surface area contributed by atoms with Crippen LogP contribution >= 0.6 is 0 Å². The van der Waals surface area contributed by atoms with E-state index >= 15 is 0 Å². The second-order valence-electron chi connectivity index (χ2n) is 5.18. The highest BCUT2D eigenvalue weighted by Gasteiger charge is 2.33. The van der Waals surface area contributed by atoms with Crippen molar-refractivity contribution in [2.24, 2.45) is 0 Å². The van der Waals surface area contributed by atoms with Crippen LogP contribution in [-0.2, 0) is 0 Å². The van der Waals surface area contributed by atoms with Gasteiger partial charge in [-0.05, 0) is 38.3 Å². The van der Waals surface area contributed by atoms with Crippen LogP contribution in [0.25, 0.3) is 0 Å². The Morgan fingerprint density at radius 1 is 1.45 bits per heavy atom. The number of carbonyl (C=O) groups excluding carboxylic acids is 1. The summed E-state index contributed by atoms with van der Waals surface area (Å²) in [5, 5.41) is 0. The predicted molar refractivity (Wildman–Crippen MR) is 80.5 cm³/mol. The summed E-state index contributed by atoms with van der Waals surface area (Å²) in [6.07, 6.45) is 9.82. The van der Waals surface area contributed by atoms with Gasteiger partial charge in [0, 0.05) is 6.04 Å². The Morgan fingerprint density at radius 3 is 2.80 bits per heavy atom. The topological polar surface area (TPSA) is 33.5 Å². The van der Waals surface area contributed by atoms with Crippen LogP contribution in [0.1, 0.15) is 36.7 Å². The van der Waals surface area contributed by atoms with E-state index in [0.29, 0.717) is 5.76 Å². The molecule has 0 aliphatic carbocycles. The molecule has 0 saturated carbocycles. The smallest absolute Gasteiger partial charge is 0.290 e. The van der Waals surface area contributed by atoms with Crippen LogP contribution in [-0.4, -0.2) is 22.9 Å². The molecule has 3 nitrogen and oxygen atoms in total. The van der Waals surface area contributed by atoms with Crippen molar-refractivity contribution in [1.29, 1.82) is 0 Å². The lowest BCUT2D eigenvalue weighted by Gasteiger charge is -2.40. The number of nitrogens with zero attached hydrogens (tertiary/aromatic N) is 1. The van der Waals surface area contributed by atoms with Crippen molar-refractivity contribution in [2.75, 3.05) is 0 Å². The molecule has 0 aromatic carbocycles. The molecule has 1 aromatic rings. The lowest BCUT2D eigenvalue weighted by molar-refractivity contribution is 0.0568. The SMILES string of the molecule is C=CC[C@H]1CC(C)=C[C@H](CC=C)N1C(=O)c1ccco1. The maximum Gasteiger partial charge on any atom is 0.290 e. The molecule has 0 spiro atoms. The molecule has 3 heteroatoms. The van der Waals surface area contributed by atoms with E-state index in [2.05, 4.69) is 26.2 Å². The molecule has 106 valence electrons. The van der Waals surface area contributed by atoms with Crippen molar-refractivity contribution >= 4 is 5.91 Å². The highest BCUT2D eigenvalue weighted by Crippen LogP contribution is 2.28. The summed E-state index contributed by atoms with van der Waals surface area (Å²) in [4.78, 5) is 14.6. The van der Waals surface area contributed by atoms with E-state index in [9.17, 15) is 4.79 Å². The van der Waals surface area contributed by atoms with Gasteiger partial charge in [-0.3, -0.25) is 4.79 Å². The zero-order chi connectivity index (χ0) is 14.5.